The summed E-state index contributed by atoms with van der Waals surface area (Å²) < 4.78 is 14.7. The van der Waals surface area contributed by atoms with Gasteiger partial charge < -0.3 is 14.6 Å². The van der Waals surface area contributed by atoms with E-state index in [0.717, 1.165) is 28.3 Å². The highest BCUT2D eigenvalue weighted by Crippen LogP contribution is 2.21. The van der Waals surface area contributed by atoms with Crippen molar-refractivity contribution < 1.29 is 14.6 Å². The van der Waals surface area contributed by atoms with E-state index in [-0.39, 0.29) is 6.61 Å². The van der Waals surface area contributed by atoms with Crippen molar-refractivity contribution in [1.29, 1.82) is 0 Å². The van der Waals surface area contributed by atoms with E-state index in [0.29, 0.717) is 19.8 Å². The molecule has 0 atom stereocenters. The minimum atomic E-state index is 0.0195. The van der Waals surface area contributed by atoms with E-state index >= 15 is 0 Å². The third-order valence-corrected chi connectivity index (χ3v) is 4.04. The highest BCUT2D eigenvalue weighted by atomic mass is 16.5. The molecule has 4 aromatic rings. The Kier molecular flexibility index (Phi) is 5.08. The van der Waals surface area contributed by atoms with Crippen molar-refractivity contribution in [3.8, 4) is 17.3 Å². The van der Waals surface area contributed by atoms with E-state index in [1.165, 1.54) is 0 Å². The molecule has 0 bridgehead atoms. The van der Waals surface area contributed by atoms with Gasteiger partial charge in [0.05, 0.1) is 31.5 Å². The standard InChI is InChI=1S/C19H19N5O3/c25-7-8-26-9-10-27-16-3-1-15(2-4-16)24-14-22-17-12-21-19(11-18(17)24)23-6-5-20-13-23/h1-6,11-14,25H,7-10H2. The molecule has 8 nitrogen and oxygen atoms in total. The molecule has 0 saturated heterocycles. The lowest BCUT2D eigenvalue weighted by molar-refractivity contribution is 0.0705. The first kappa shape index (κ1) is 17.2. The van der Waals surface area contributed by atoms with Crippen molar-refractivity contribution in [3.05, 3.63) is 61.6 Å². The normalized spacial score (nSPS) is 11.1. The lowest BCUT2D eigenvalue weighted by Crippen LogP contribution is -2.09. The number of imidazole rings is 2. The molecule has 0 aliphatic rings. The maximum atomic E-state index is 8.67. The second-order valence-electron chi connectivity index (χ2n) is 5.79. The van der Waals surface area contributed by atoms with Crippen LogP contribution >= 0.6 is 0 Å². The third kappa shape index (κ3) is 3.81. The van der Waals surface area contributed by atoms with Gasteiger partial charge in [-0.1, -0.05) is 0 Å². The molecule has 0 spiro atoms. The van der Waals surface area contributed by atoms with Crippen LogP contribution in [0.4, 0.5) is 0 Å². The van der Waals surface area contributed by atoms with Crippen molar-refractivity contribution >= 4 is 11.0 Å². The third-order valence-electron chi connectivity index (χ3n) is 4.04. The van der Waals surface area contributed by atoms with E-state index in [1.54, 1.807) is 25.0 Å². The molecule has 138 valence electrons. The molecular formula is C19H19N5O3. The number of ether oxygens (including phenoxy) is 2. The van der Waals surface area contributed by atoms with E-state index in [9.17, 15) is 0 Å². The summed E-state index contributed by atoms with van der Waals surface area (Å²) in [5.74, 6) is 1.54. The molecule has 8 heteroatoms. The summed E-state index contributed by atoms with van der Waals surface area (Å²) in [7, 11) is 0. The molecule has 0 unspecified atom stereocenters. The predicted molar refractivity (Wildman–Crippen MR) is 99.4 cm³/mol. The highest BCUT2D eigenvalue weighted by Gasteiger charge is 2.08. The van der Waals surface area contributed by atoms with Gasteiger partial charge in [-0.15, -0.1) is 0 Å². The molecular weight excluding hydrogens is 346 g/mol. The number of aliphatic hydroxyl groups is 1. The van der Waals surface area contributed by atoms with Crippen LogP contribution < -0.4 is 4.74 Å². The zero-order valence-electron chi connectivity index (χ0n) is 14.6. The number of fused-ring (bicyclic) bond motifs is 1. The van der Waals surface area contributed by atoms with E-state index in [1.807, 2.05) is 45.7 Å². The van der Waals surface area contributed by atoms with E-state index in [4.69, 9.17) is 14.6 Å². The maximum Gasteiger partial charge on any atom is 0.140 e. The van der Waals surface area contributed by atoms with Gasteiger partial charge in [0.2, 0.25) is 0 Å². The minimum Gasteiger partial charge on any atom is -0.491 e. The summed E-state index contributed by atoms with van der Waals surface area (Å²) in [6, 6.07) is 9.74. The fourth-order valence-electron chi connectivity index (χ4n) is 2.73. The van der Waals surface area contributed by atoms with Crippen molar-refractivity contribution in [1.82, 2.24) is 24.1 Å². The predicted octanol–water partition coefficient (Wildman–Crippen LogP) is 1.99. The van der Waals surface area contributed by atoms with Gasteiger partial charge in [0.25, 0.3) is 0 Å². The summed E-state index contributed by atoms with van der Waals surface area (Å²) >= 11 is 0. The van der Waals surface area contributed by atoms with Crippen LogP contribution in [0, 0.1) is 0 Å². The molecule has 0 fully saturated rings. The zero-order chi connectivity index (χ0) is 18.5. The minimum absolute atomic E-state index is 0.0195. The topological polar surface area (TPSA) is 87.2 Å². The molecule has 0 saturated carbocycles. The largest absolute Gasteiger partial charge is 0.491 e. The summed E-state index contributed by atoms with van der Waals surface area (Å²) in [4.78, 5) is 12.9. The Balaban J connectivity index is 1.52. The monoisotopic (exact) mass is 365 g/mol. The van der Waals surface area contributed by atoms with Gasteiger partial charge in [-0.25, -0.2) is 15.0 Å². The van der Waals surface area contributed by atoms with Crippen LogP contribution in [0.3, 0.4) is 0 Å². The van der Waals surface area contributed by atoms with Gasteiger partial charge in [-0.3, -0.25) is 9.13 Å². The molecule has 0 radical (unpaired) electrons. The highest BCUT2D eigenvalue weighted by molar-refractivity contribution is 5.78. The molecule has 0 amide bonds. The quantitative estimate of drug-likeness (QED) is 0.481. The number of aromatic nitrogens is 5. The number of benzene rings is 1. The first-order valence-corrected chi connectivity index (χ1v) is 8.58. The number of aliphatic hydroxyl groups excluding tert-OH is 1. The van der Waals surface area contributed by atoms with Crippen LogP contribution in [-0.4, -0.2) is 55.6 Å². The van der Waals surface area contributed by atoms with Crippen LogP contribution in [0.15, 0.2) is 61.6 Å². The summed E-state index contributed by atoms with van der Waals surface area (Å²) in [5, 5.41) is 8.67. The van der Waals surface area contributed by atoms with Gasteiger partial charge >= 0.3 is 0 Å². The molecule has 1 aromatic carbocycles. The fourth-order valence-corrected chi connectivity index (χ4v) is 2.73. The van der Waals surface area contributed by atoms with Gasteiger partial charge in [0.1, 0.15) is 36.3 Å². The Labute approximate surface area is 155 Å². The second-order valence-corrected chi connectivity index (χ2v) is 5.79. The molecule has 3 aromatic heterocycles. The van der Waals surface area contributed by atoms with Crippen molar-refractivity contribution in [2.45, 2.75) is 0 Å². The Morgan fingerprint density at radius 1 is 1.00 bits per heavy atom. The zero-order valence-corrected chi connectivity index (χ0v) is 14.6. The number of rotatable bonds is 8. The van der Waals surface area contributed by atoms with Gasteiger partial charge in [-0.2, -0.15) is 0 Å². The number of pyridine rings is 1. The van der Waals surface area contributed by atoms with Crippen molar-refractivity contribution in [3.63, 3.8) is 0 Å². The number of hydrogen-bond acceptors (Lipinski definition) is 6. The summed E-state index contributed by atoms with van der Waals surface area (Å²) in [6.45, 7) is 1.23. The maximum absolute atomic E-state index is 8.67. The van der Waals surface area contributed by atoms with E-state index in [2.05, 4.69) is 15.0 Å². The van der Waals surface area contributed by atoms with Crippen LogP contribution in [0.1, 0.15) is 0 Å². The lowest BCUT2D eigenvalue weighted by atomic mass is 10.3. The van der Waals surface area contributed by atoms with Crippen LogP contribution in [0.25, 0.3) is 22.5 Å². The van der Waals surface area contributed by atoms with Crippen LogP contribution in [0.5, 0.6) is 5.75 Å². The van der Waals surface area contributed by atoms with Crippen LogP contribution in [-0.2, 0) is 4.74 Å². The van der Waals surface area contributed by atoms with E-state index < -0.39 is 0 Å². The molecule has 1 N–H and O–H groups in total. The summed E-state index contributed by atoms with van der Waals surface area (Å²) in [5.41, 5.74) is 2.75. The Morgan fingerprint density at radius 3 is 2.67 bits per heavy atom. The van der Waals surface area contributed by atoms with Crippen molar-refractivity contribution in [2.24, 2.45) is 0 Å². The fraction of sp³-hybridized carbons (Fsp3) is 0.211. The van der Waals surface area contributed by atoms with Crippen LogP contribution in [0.2, 0.25) is 0 Å². The first-order chi connectivity index (χ1) is 13.3. The Morgan fingerprint density at radius 2 is 1.89 bits per heavy atom. The first-order valence-electron chi connectivity index (χ1n) is 8.58. The average Bonchev–Trinajstić information content (AvgIpc) is 3.38. The van der Waals surface area contributed by atoms with Gasteiger partial charge in [-0.05, 0) is 24.3 Å². The SMILES string of the molecule is OCCOCCOc1ccc(-n2cnc3cnc(-n4ccnc4)cc32)cc1. The average molecular weight is 365 g/mol. The Bertz CT molecular complexity index is 996. The molecule has 0 aliphatic heterocycles. The lowest BCUT2D eigenvalue weighted by Gasteiger charge is -2.09. The second kappa shape index (κ2) is 7.98. The number of nitrogens with zero attached hydrogens (tertiary/aromatic N) is 5. The van der Waals surface area contributed by atoms with Gasteiger partial charge in [0, 0.05) is 24.1 Å². The number of hydrogen-bond donors (Lipinski definition) is 1. The molecule has 3 heterocycles. The Hall–Kier alpha value is -3.23. The van der Waals surface area contributed by atoms with Gasteiger partial charge in [0.15, 0.2) is 0 Å². The molecule has 27 heavy (non-hydrogen) atoms. The summed E-state index contributed by atoms with van der Waals surface area (Å²) in [6.07, 6.45) is 8.82. The molecule has 4 rings (SSSR count). The van der Waals surface area contributed by atoms with Crippen molar-refractivity contribution in [2.75, 3.05) is 26.4 Å². The molecule has 0 aliphatic carbocycles. The smallest absolute Gasteiger partial charge is 0.140 e.